The topological polar surface area (TPSA) is 61.2 Å². The van der Waals surface area contributed by atoms with Crippen molar-refractivity contribution in [3.8, 4) is 6.07 Å². The number of fused-ring (bicyclic) bond motifs is 1. The zero-order valence-corrected chi connectivity index (χ0v) is 12.2. The summed E-state index contributed by atoms with van der Waals surface area (Å²) in [6.07, 6.45) is 3.28. The second kappa shape index (κ2) is 5.01. The van der Waals surface area contributed by atoms with E-state index in [-0.39, 0.29) is 28.7 Å². The molecule has 1 aliphatic carbocycles. The van der Waals surface area contributed by atoms with Crippen molar-refractivity contribution in [2.24, 2.45) is 11.8 Å². The summed E-state index contributed by atoms with van der Waals surface area (Å²) in [5.74, 6) is -0.875. The van der Waals surface area contributed by atoms with Crippen LogP contribution in [0.3, 0.4) is 0 Å². The van der Waals surface area contributed by atoms with Gasteiger partial charge in [-0.2, -0.15) is 5.26 Å². The largest absolute Gasteiger partial charge is 0.274 e. The average Bonchev–Trinajstić information content (AvgIpc) is 2.70. The third kappa shape index (κ3) is 2.14. The number of anilines is 1. The summed E-state index contributed by atoms with van der Waals surface area (Å²) in [6.45, 7) is 1.98. The maximum absolute atomic E-state index is 12.5. The van der Waals surface area contributed by atoms with Crippen LogP contribution in [0.1, 0.15) is 25.3 Å². The maximum Gasteiger partial charge on any atom is 0.238 e. The lowest BCUT2D eigenvalue weighted by Crippen LogP contribution is -2.30. The summed E-state index contributed by atoms with van der Waals surface area (Å²) < 4.78 is 0. The third-order valence-electron chi connectivity index (χ3n) is 4.15. The standard InChI is InChI=1S/C16H13ClN2O2/c1-9-2-5-12-13(6-9)16(21)19(15(12)20)11-4-3-10(8-18)14(17)7-11/h2-4,7,12-13H,5-6H2,1H3/t12-,13+/m1/s1. The van der Waals surface area contributed by atoms with E-state index in [0.717, 1.165) is 5.57 Å². The number of hydrogen-bond acceptors (Lipinski definition) is 3. The van der Waals surface area contributed by atoms with Crippen LogP contribution in [0.2, 0.25) is 5.02 Å². The Hall–Kier alpha value is -2.12. The van der Waals surface area contributed by atoms with E-state index in [4.69, 9.17) is 16.9 Å². The van der Waals surface area contributed by atoms with Crippen molar-refractivity contribution in [2.75, 3.05) is 4.90 Å². The molecule has 0 unspecified atom stereocenters. The van der Waals surface area contributed by atoms with Gasteiger partial charge in [-0.15, -0.1) is 0 Å². The Kier molecular flexibility index (Phi) is 3.30. The van der Waals surface area contributed by atoms with Crippen LogP contribution in [0, 0.1) is 23.2 Å². The SMILES string of the molecule is CC1=CC[C@H]2C(=O)N(c3ccc(C#N)c(Cl)c3)C(=O)[C@H]2C1. The summed E-state index contributed by atoms with van der Waals surface area (Å²) >= 11 is 6.00. The molecule has 1 heterocycles. The monoisotopic (exact) mass is 300 g/mol. The van der Waals surface area contributed by atoms with E-state index >= 15 is 0 Å². The van der Waals surface area contributed by atoms with Crippen molar-refractivity contribution in [3.05, 3.63) is 40.4 Å². The third-order valence-corrected chi connectivity index (χ3v) is 4.47. The summed E-state index contributed by atoms with van der Waals surface area (Å²) in [5, 5.41) is 9.14. The fourth-order valence-electron chi connectivity index (χ4n) is 3.03. The van der Waals surface area contributed by atoms with Gasteiger partial charge in [0.05, 0.1) is 28.1 Å². The number of allylic oxidation sites excluding steroid dienone is 2. The van der Waals surface area contributed by atoms with Gasteiger partial charge in [0, 0.05) is 0 Å². The number of carbonyl (C=O) groups is 2. The van der Waals surface area contributed by atoms with Crippen LogP contribution in [-0.2, 0) is 9.59 Å². The number of benzene rings is 1. The molecular weight excluding hydrogens is 288 g/mol. The highest BCUT2D eigenvalue weighted by atomic mass is 35.5. The van der Waals surface area contributed by atoms with E-state index in [0.29, 0.717) is 24.1 Å². The lowest BCUT2D eigenvalue weighted by molar-refractivity contribution is -0.122. The van der Waals surface area contributed by atoms with Crippen molar-refractivity contribution < 1.29 is 9.59 Å². The lowest BCUT2D eigenvalue weighted by atomic mass is 9.82. The van der Waals surface area contributed by atoms with E-state index in [9.17, 15) is 9.59 Å². The molecular formula is C16H13ClN2O2. The Morgan fingerprint density at radius 1 is 1.29 bits per heavy atom. The summed E-state index contributed by atoms with van der Waals surface area (Å²) in [6, 6.07) is 6.60. The molecule has 21 heavy (non-hydrogen) atoms. The number of rotatable bonds is 1. The van der Waals surface area contributed by atoms with Crippen LogP contribution in [-0.4, -0.2) is 11.8 Å². The first-order valence-electron chi connectivity index (χ1n) is 6.76. The van der Waals surface area contributed by atoms with Crippen LogP contribution in [0.5, 0.6) is 0 Å². The Morgan fingerprint density at radius 3 is 2.67 bits per heavy atom. The Balaban J connectivity index is 1.97. The first-order valence-corrected chi connectivity index (χ1v) is 7.14. The quantitative estimate of drug-likeness (QED) is 0.591. The predicted octanol–water partition coefficient (Wildman–Crippen LogP) is 3.06. The van der Waals surface area contributed by atoms with Crippen LogP contribution >= 0.6 is 11.6 Å². The smallest absolute Gasteiger partial charge is 0.238 e. The van der Waals surface area contributed by atoms with Gasteiger partial charge in [0.15, 0.2) is 0 Å². The van der Waals surface area contributed by atoms with Crippen molar-refractivity contribution in [2.45, 2.75) is 19.8 Å². The first kappa shape index (κ1) is 13.8. The molecule has 2 amide bonds. The molecule has 2 aliphatic rings. The van der Waals surface area contributed by atoms with Gasteiger partial charge in [-0.05, 0) is 38.0 Å². The minimum atomic E-state index is -0.268. The molecule has 4 nitrogen and oxygen atoms in total. The lowest BCUT2D eigenvalue weighted by Gasteiger charge is -2.18. The second-order valence-electron chi connectivity index (χ2n) is 5.49. The molecule has 0 N–H and O–H groups in total. The molecule has 1 saturated heterocycles. The Labute approximate surface area is 127 Å². The van der Waals surface area contributed by atoms with Crippen molar-refractivity contribution in [3.63, 3.8) is 0 Å². The fraction of sp³-hybridized carbons (Fsp3) is 0.312. The Bertz CT molecular complexity index is 717. The van der Waals surface area contributed by atoms with Gasteiger partial charge < -0.3 is 0 Å². The highest BCUT2D eigenvalue weighted by Crippen LogP contribution is 2.40. The van der Waals surface area contributed by atoms with Gasteiger partial charge >= 0.3 is 0 Å². The summed E-state index contributed by atoms with van der Waals surface area (Å²) in [5.41, 5.74) is 1.92. The van der Waals surface area contributed by atoms with Crippen molar-refractivity contribution in [1.29, 1.82) is 5.26 Å². The summed E-state index contributed by atoms with van der Waals surface area (Å²) in [4.78, 5) is 26.2. The number of imide groups is 1. The number of amides is 2. The van der Waals surface area contributed by atoms with E-state index in [1.54, 1.807) is 6.07 Å². The second-order valence-corrected chi connectivity index (χ2v) is 5.90. The normalized spacial score (nSPS) is 24.6. The highest BCUT2D eigenvalue weighted by Gasteiger charge is 2.48. The van der Waals surface area contributed by atoms with Crippen LogP contribution in [0.25, 0.3) is 0 Å². The van der Waals surface area contributed by atoms with E-state index < -0.39 is 0 Å². The minimum absolute atomic E-state index is 0.168. The molecule has 0 spiro atoms. The zero-order valence-electron chi connectivity index (χ0n) is 11.5. The molecule has 0 aromatic heterocycles. The van der Waals surface area contributed by atoms with E-state index in [1.807, 2.05) is 19.1 Å². The molecule has 1 fully saturated rings. The predicted molar refractivity (Wildman–Crippen MR) is 78.6 cm³/mol. The molecule has 0 radical (unpaired) electrons. The molecule has 106 valence electrons. The molecule has 5 heteroatoms. The molecule has 0 saturated carbocycles. The van der Waals surface area contributed by atoms with Gasteiger partial charge in [-0.1, -0.05) is 23.3 Å². The molecule has 3 rings (SSSR count). The van der Waals surface area contributed by atoms with Crippen LogP contribution in [0.15, 0.2) is 29.8 Å². The Morgan fingerprint density at radius 2 is 2.00 bits per heavy atom. The molecule has 1 aliphatic heterocycles. The van der Waals surface area contributed by atoms with Crippen LogP contribution in [0.4, 0.5) is 5.69 Å². The van der Waals surface area contributed by atoms with Crippen molar-refractivity contribution >= 4 is 29.1 Å². The molecule has 1 aromatic carbocycles. The maximum atomic E-state index is 12.5. The number of nitriles is 1. The van der Waals surface area contributed by atoms with E-state index in [1.165, 1.54) is 17.0 Å². The number of nitrogens with zero attached hydrogens (tertiary/aromatic N) is 2. The molecule has 2 atom stereocenters. The van der Waals surface area contributed by atoms with Crippen LogP contribution < -0.4 is 4.90 Å². The van der Waals surface area contributed by atoms with Gasteiger partial charge in [0.2, 0.25) is 11.8 Å². The first-order chi connectivity index (χ1) is 10.0. The average molecular weight is 301 g/mol. The zero-order chi connectivity index (χ0) is 15.1. The number of carbonyl (C=O) groups excluding carboxylic acids is 2. The molecule has 0 bridgehead atoms. The highest BCUT2D eigenvalue weighted by molar-refractivity contribution is 6.32. The summed E-state index contributed by atoms with van der Waals surface area (Å²) in [7, 11) is 0. The van der Waals surface area contributed by atoms with Gasteiger partial charge in [0.25, 0.3) is 0 Å². The van der Waals surface area contributed by atoms with Gasteiger partial charge in [0.1, 0.15) is 6.07 Å². The number of hydrogen-bond donors (Lipinski definition) is 0. The molecule has 1 aromatic rings. The van der Waals surface area contributed by atoms with Gasteiger partial charge in [-0.25, -0.2) is 4.90 Å². The minimum Gasteiger partial charge on any atom is -0.274 e. The van der Waals surface area contributed by atoms with E-state index in [2.05, 4.69) is 0 Å². The van der Waals surface area contributed by atoms with Crippen molar-refractivity contribution in [1.82, 2.24) is 0 Å². The van der Waals surface area contributed by atoms with Gasteiger partial charge in [-0.3, -0.25) is 9.59 Å². The fourth-order valence-corrected chi connectivity index (χ4v) is 3.24. The number of halogens is 1.